The zero-order chi connectivity index (χ0) is 7.14. The zero-order valence-corrected chi connectivity index (χ0v) is 6.03. The molecule has 4 atom stereocenters. The number of rotatable bonds is 1. The Morgan fingerprint density at radius 2 is 2.10 bits per heavy atom. The lowest BCUT2D eigenvalue weighted by Crippen LogP contribution is -2.18. The van der Waals surface area contributed by atoms with Gasteiger partial charge >= 0.3 is 0 Å². The Labute approximate surface area is 60.9 Å². The third-order valence-corrected chi connectivity index (χ3v) is 3.28. The van der Waals surface area contributed by atoms with E-state index in [1.165, 1.54) is 6.42 Å². The molecule has 2 rings (SSSR count). The second-order valence-corrected chi connectivity index (χ2v) is 3.65. The maximum atomic E-state index is 9.41. The second-order valence-electron chi connectivity index (χ2n) is 3.65. The van der Waals surface area contributed by atoms with Gasteiger partial charge in [-0.05, 0) is 37.0 Å². The highest BCUT2D eigenvalue weighted by Gasteiger charge is 2.46. The Morgan fingerprint density at radius 3 is 2.40 bits per heavy atom. The third-order valence-electron chi connectivity index (χ3n) is 3.28. The fraction of sp³-hybridized carbons (Fsp3) is 1.00. The van der Waals surface area contributed by atoms with Crippen molar-refractivity contribution in [2.75, 3.05) is 6.61 Å². The molecule has 0 aliphatic heterocycles. The monoisotopic (exact) mass is 142 g/mol. The van der Waals surface area contributed by atoms with Gasteiger partial charge in [0, 0.05) is 6.61 Å². The molecule has 58 valence electrons. The minimum absolute atomic E-state index is 0.101. The first-order valence-corrected chi connectivity index (χ1v) is 4.12. The molecule has 0 aromatic carbocycles. The minimum Gasteiger partial charge on any atom is -0.396 e. The lowest BCUT2D eigenvalue weighted by atomic mass is 9.97. The van der Waals surface area contributed by atoms with Gasteiger partial charge in [-0.1, -0.05) is 0 Å². The van der Waals surface area contributed by atoms with Crippen molar-refractivity contribution in [2.24, 2.45) is 17.8 Å². The summed E-state index contributed by atoms with van der Waals surface area (Å²) in [6.07, 6.45) is 3.20. The molecule has 0 aromatic rings. The molecule has 2 fully saturated rings. The van der Waals surface area contributed by atoms with E-state index in [9.17, 15) is 5.11 Å². The fourth-order valence-electron chi connectivity index (χ4n) is 2.72. The van der Waals surface area contributed by atoms with Gasteiger partial charge in [-0.25, -0.2) is 0 Å². The summed E-state index contributed by atoms with van der Waals surface area (Å²) in [5.41, 5.74) is 0. The Morgan fingerprint density at radius 1 is 1.30 bits per heavy atom. The van der Waals surface area contributed by atoms with Gasteiger partial charge in [0.05, 0.1) is 6.10 Å². The van der Waals surface area contributed by atoms with Gasteiger partial charge in [-0.15, -0.1) is 0 Å². The van der Waals surface area contributed by atoms with Crippen LogP contribution >= 0.6 is 0 Å². The van der Waals surface area contributed by atoms with Crippen molar-refractivity contribution in [1.82, 2.24) is 0 Å². The van der Waals surface area contributed by atoms with E-state index in [2.05, 4.69) is 0 Å². The molecule has 2 bridgehead atoms. The predicted octanol–water partition coefficient (Wildman–Crippen LogP) is 0.386. The number of aliphatic hydroxyl groups is 2. The molecule has 2 aliphatic carbocycles. The molecule has 2 nitrogen and oxygen atoms in total. The summed E-state index contributed by atoms with van der Waals surface area (Å²) in [4.78, 5) is 0. The molecule has 2 saturated carbocycles. The number of hydrogen-bond acceptors (Lipinski definition) is 2. The van der Waals surface area contributed by atoms with Gasteiger partial charge in [0.1, 0.15) is 0 Å². The van der Waals surface area contributed by atoms with Gasteiger partial charge in [-0.2, -0.15) is 0 Å². The lowest BCUT2D eigenvalue weighted by Gasteiger charge is -2.15. The number of aliphatic hydroxyl groups excluding tert-OH is 2. The Kier molecular flexibility index (Phi) is 1.46. The third kappa shape index (κ3) is 0.722. The highest BCUT2D eigenvalue weighted by atomic mass is 16.3. The Bertz CT molecular complexity index is 135. The molecule has 0 saturated heterocycles. The van der Waals surface area contributed by atoms with Crippen LogP contribution in [0.4, 0.5) is 0 Å². The van der Waals surface area contributed by atoms with Crippen LogP contribution in [-0.2, 0) is 0 Å². The first-order chi connectivity index (χ1) is 4.83. The van der Waals surface area contributed by atoms with Crippen molar-refractivity contribution in [1.29, 1.82) is 0 Å². The molecule has 0 spiro atoms. The predicted molar refractivity (Wildman–Crippen MR) is 37.4 cm³/mol. The quantitative estimate of drug-likeness (QED) is 0.556. The normalized spacial score (nSPS) is 52.2. The Balaban J connectivity index is 2.11. The van der Waals surface area contributed by atoms with Crippen LogP contribution in [0.3, 0.4) is 0 Å². The van der Waals surface area contributed by atoms with E-state index < -0.39 is 0 Å². The van der Waals surface area contributed by atoms with E-state index in [1.807, 2.05) is 0 Å². The van der Waals surface area contributed by atoms with Gasteiger partial charge < -0.3 is 10.2 Å². The molecule has 0 amide bonds. The smallest absolute Gasteiger partial charge is 0.0574 e. The number of fused-ring (bicyclic) bond motifs is 2. The molecule has 2 aliphatic rings. The van der Waals surface area contributed by atoms with Crippen LogP contribution < -0.4 is 0 Å². The molecular weight excluding hydrogens is 128 g/mol. The topological polar surface area (TPSA) is 40.5 Å². The van der Waals surface area contributed by atoms with Crippen LogP contribution in [0, 0.1) is 17.8 Å². The summed E-state index contributed by atoms with van der Waals surface area (Å²) in [6.45, 7) is 0.284. The molecule has 0 heterocycles. The molecule has 0 radical (unpaired) electrons. The van der Waals surface area contributed by atoms with Crippen LogP contribution in [0.15, 0.2) is 0 Å². The van der Waals surface area contributed by atoms with Gasteiger partial charge in [0.25, 0.3) is 0 Å². The minimum atomic E-state index is -0.101. The van der Waals surface area contributed by atoms with E-state index >= 15 is 0 Å². The van der Waals surface area contributed by atoms with E-state index in [-0.39, 0.29) is 12.7 Å². The van der Waals surface area contributed by atoms with Crippen LogP contribution in [0.1, 0.15) is 19.3 Å². The lowest BCUT2D eigenvalue weighted by molar-refractivity contribution is 0.0974. The summed E-state index contributed by atoms with van der Waals surface area (Å²) >= 11 is 0. The summed E-state index contributed by atoms with van der Waals surface area (Å²) in [6, 6.07) is 0. The maximum absolute atomic E-state index is 9.41. The van der Waals surface area contributed by atoms with Gasteiger partial charge in [0.15, 0.2) is 0 Å². The van der Waals surface area contributed by atoms with Crippen LogP contribution in [0.2, 0.25) is 0 Å². The first-order valence-electron chi connectivity index (χ1n) is 4.12. The van der Waals surface area contributed by atoms with Crippen molar-refractivity contribution in [3.8, 4) is 0 Å². The molecular formula is C8H14O2. The van der Waals surface area contributed by atoms with E-state index in [1.54, 1.807) is 0 Å². The van der Waals surface area contributed by atoms with Crippen molar-refractivity contribution < 1.29 is 10.2 Å². The van der Waals surface area contributed by atoms with E-state index in [0.717, 1.165) is 12.8 Å². The molecule has 0 aromatic heterocycles. The average molecular weight is 142 g/mol. The van der Waals surface area contributed by atoms with Crippen molar-refractivity contribution in [3.05, 3.63) is 0 Å². The summed E-state index contributed by atoms with van der Waals surface area (Å²) in [7, 11) is 0. The Hall–Kier alpha value is -0.0800. The van der Waals surface area contributed by atoms with Crippen molar-refractivity contribution in [3.63, 3.8) is 0 Å². The highest BCUT2D eigenvalue weighted by molar-refractivity contribution is 4.96. The van der Waals surface area contributed by atoms with Gasteiger partial charge in [-0.3, -0.25) is 0 Å². The summed E-state index contributed by atoms with van der Waals surface area (Å²) < 4.78 is 0. The molecule has 2 heteroatoms. The number of hydrogen-bond donors (Lipinski definition) is 2. The first kappa shape index (κ1) is 6.62. The maximum Gasteiger partial charge on any atom is 0.0574 e. The average Bonchev–Trinajstić information content (AvgIpc) is 2.42. The van der Waals surface area contributed by atoms with Crippen molar-refractivity contribution in [2.45, 2.75) is 25.4 Å². The van der Waals surface area contributed by atoms with Crippen LogP contribution in [0.5, 0.6) is 0 Å². The van der Waals surface area contributed by atoms with Crippen LogP contribution in [-0.4, -0.2) is 22.9 Å². The zero-order valence-electron chi connectivity index (χ0n) is 6.03. The largest absolute Gasteiger partial charge is 0.396 e. The molecule has 0 unspecified atom stereocenters. The standard InChI is InChI=1S/C8H14O2/c9-4-7-5-1-2-6(7)8(10)3-5/h5-10H,1-4H2/t5-,6+,7+,8-/m0/s1. The summed E-state index contributed by atoms with van der Waals surface area (Å²) in [5.74, 6) is 1.48. The van der Waals surface area contributed by atoms with E-state index in [0.29, 0.717) is 17.8 Å². The van der Waals surface area contributed by atoms with Crippen molar-refractivity contribution >= 4 is 0 Å². The molecule has 10 heavy (non-hydrogen) atoms. The van der Waals surface area contributed by atoms with E-state index in [4.69, 9.17) is 5.11 Å². The summed E-state index contributed by atoms with van der Waals surface area (Å²) in [5, 5.41) is 18.4. The fourth-order valence-corrected chi connectivity index (χ4v) is 2.72. The highest BCUT2D eigenvalue weighted by Crippen LogP contribution is 2.48. The van der Waals surface area contributed by atoms with Gasteiger partial charge in [0.2, 0.25) is 0 Å². The molecule has 2 N–H and O–H groups in total. The van der Waals surface area contributed by atoms with Crippen LogP contribution in [0.25, 0.3) is 0 Å². The SMILES string of the molecule is OC[C@@H]1[C@H]2CC[C@H]1[C@@H](O)C2. The second kappa shape index (κ2) is 2.21.